The van der Waals surface area contributed by atoms with Crippen LogP contribution in [0.3, 0.4) is 0 Å². The van der Waals surface area contributed by atoms with Gasteiger partial charge in [-0.3, -0.25) is 9.80 Å². The maximum atomic E-state index is 11.6. The molecule has 1 aromatic rings. The molecule has 1 fully saturated rings. The van der Waals surface area contributed by atoms with Crippen LogP contribution in [0.15, 0.2) is 22.7 Å². The topological polar surface area (TPSA) is 107 Å². The van der Waals surface area contributed by atoms with Crippen molar-refractivity contribution >= 4 is 34.4 Å². The van der Waals surface area contributed by atoms with E-state index in [0.29, 0.717) is 19.6 Å². The van der Waals surface area contributed by atoms with Crippen LogP contribution in [0.25, 0.3) is 0 Å². The monoisotopic (exact) mass is 472 g/mol. The van der Waals surface area contributed by atoms with Gasteiger partial charge in [0.1, 0.15) is 11.9 Å². The first kappa shape index (κ1) is 24.9. The molecule has 8 nitrogen and oxygen atoms in total. The van der Waals surface area contributed by atoms with Crippen molar-refractivity contribution in [2.24, 2.45) is 0 Å². The van der Waals surface area contributed by atoms with Gasteiger partial charge in [-0.1, -0.05) is 28.1 Å². The van der Waals surface area contributed by atoms with E-state index in [-0.39, 0.29) is 12.1 Å². The molecule has 2 amide bonds. The Balaban J connectivity index is 0.000000268. The third-order valence-corrected chi connectivity index (χ3v) is 5.02. The van der Waals surface area contributed by atoms with Crippen LogP contribution in [0, 0.1) is 0 Å². The minimum Gasteiger partial charge on any atom is -0.465 e. The standard InChI is InChI=1S/C10H17NO3.C9H8BrNO2.CH4O/c1-10(2,3)14-9(13)11-6-4-5-8(11)7-12;10-8-3-1-2-6-4-11(9(12)13)5-7(6)8;1-2/h7-8H,4-6H2,1-3H3;1-3H,4-5H2,(H,12,13);2H,1H3. The van der Waals surface area contributed by atoms with Crippen molar-refractivity contribution < 1.29 is 29.3 Å². The highest BCUT2D eigenvalue weighted by Crippen LogP contribution is 2.29. The average molecular weight is 473 g/mol. The number of halogens is 1. The Bertz CT molecular complexity index is 719. The van der Waals surface area contributed by atoms with Crippen LogP contribution in [-0.2, 0) is 22.6 Å². The first-order valence-corrected chi connectivity index (χ1v) is 10.1. The Labute approximate surface area is 179 Å². The van der Waals surface area contributed by atoms with Gasteiger partial charge in [0.05, 0.1) is 12.6 Å². The van der Waals surface area contributed by atoms with Crippen molar-refractivity contribution in [3.63, 3.8) is 0 Å². The van der Waals surface area contributed by atoms with E-state index in [1.54, 1.807) is 0 Å². The number of amides is 2. The van der Waals surface area contributed by atoms with E-state index in [1.165, 1.54) is 9.80 Å². The molecule has 1 atom stereocenters. The van der Waals surface area contributed by atoms with Gasteiger partial charge in [0, 0.05) is 24.7 Å². The van der Waals surface area contributed by atoms with Gasteiger partial charge in [-0.05, 0) is 50.8 Å². The number of carbonyl (C=O) groups excluding carboxylic acids is 2. The number of ether oxygens (including phenoxy) is 1. The SMILES string of the molecule is CC(C)(C)OC(=O)N1CCCC1C=O.CO.O=C(O)N1Cc2cccc(Br)c2C1. The van der Waals surface area contributed by atoms with Gasteiger partial charge in [0.2, 0.25) is 0 Å². The Hall–Kier alpha value is -2.13. The zero-order valence-electron chi connectivity index (χ0n) is 17.2. The van der Waals surface area contributed by atoms with Gasteiger partial charge < -0.3 is 19.7 Å². The molecule has 162 valence electrons. The lowest BCUT2D eigenvalue weighted by Gasteiger charge is -2.26. The molecule has 1 unspecified atom stereocenters. The van der Waals surface area contributed by atoms with E-state index in [0.717, 1.165) is 41.8 Å². The van der Waals surface area contributed by atoms with E-state index in [9.17, 15) is 14.4 Å². The van der Waals surface area contributed by atoms with Crippen LogP contribution in [0.1, 0.15) is 44.7 Å². The number of hydrogen-bond donors (Lipinski definition) is 2. The summed E-state index contributed by atoms with van der Waals surface area (Å²) in [6.07, 6.45) is 1.21. The van der Waals surface area contributed by atoms with Gasteiger partial charge >= 0.3 is 12.2 Å². The second kappa shape index (κ2) is 11.2. The van der Waals surface area contributed by atoms with Crippen molar-refractivity contribution in [2.45, 2.75) is 58.3 Å². The van der Waals surface area contributed by atoms with Gasteiger partial charge in [0.25, 0.3) is 0 Å². The largest absolute Gasteiger partial charge is 0.465 e. The number of carboxylic acid groups (broad SMARTS) is 1. The fourth-order valence-corrected chi connectivity index (χ4v) is 3.53. The zero-order valence-corrected chi connectivity index (χ0v) is 18.8. The molecular formula is C20H29BrN2O6. The quantitative estimate of drug-likeness (QED) is 0.604. The number of nitrogens with zero attached hydrogens (tertiary/aromatic N) is 2. The molecule has 9 heteroatoms. The highest BCUT2D eigenvalue weighted by atomic mass is 79.9. The summed E-state index contributed by atoms with van der Waals surface area (Å²) in [5, 5.41) is 15.8. The lowest BCUT2D eigenvalue weighted by Crippen LogP contribution is -2.40. The Kier molecular flexibility index (Phi) is 9.58. The molecule has 29 heavy (non-hydrogen) atoms. The van der Waals surface area contributed by atoms with Crippen LogP contribution in [-0.4, -0.2) is 63.8 Å². The second-order valence-electron chi connectivity index (χ2n) is 7.54. The molecule has 2 aliphatic heterocycles. The molecule has 0 radical (unpaired) electrons. The third kappa shape index (κ3) is 7.32. The number of aliphatic hydroxyl groups excluding tert-OH is 1. The molecule has 0 aromatic heterocycles. The number of aliphatic hydroxyl groups is 1. The van der Waals surface area contributed by atoms with Crippen molar-refractivity contribution in [1.82, 2.24) is 9.80 Å². The summed E-state index contributed by atoms with van der Waals surface area (Å²) in [7, 11) is 1.00. The van der Waals surface area contributed by atoms with Crippen molar-refractivity contribution in [1.29, 1.82) is 0 Å². The van der Waals surface area contributed by atoms with Crippen LogP contribution < -0.4 is 0 Å². The predicted molar refractivity (Wildman–Crippen MR) is 112 cm³/mol. The van der Waals surface area contributed by atoms with Crippen LogP contribution in [0.5, 0.6) is 0 Å². The summed E-state index contributed by atoms with van der Waals surface area (Å²) in [4.78, 5) is 35.8. The summed E-state index contributed by atoms with van der Waals surface area (Å²) in [6, 6.07) is 5.53. The fraction of sp³-hybridized carbons (Fsp3) is 0.550. The molecule has 1 aromatic carbocycles. The van der Waals surface area contributed by atoms with Gasteiger partial charge in [-0.25, -0.2) is 9.59 Å². The molecule has 2 heterocycles. The van der Waals surface area contributed by atoms with E-state index in [2.05, 4.69) is 15.9 Å². The van der Waals surface area contributed by atoms with Crippen molar-refractivity contribution in [2.75, 3.05) is 13.7 Å². The van der Waals surface area contributed by atoms with Crippen LogP contribution in [0.4, 0.5) is 9.59 Å². The average Bonchev–Trinajstić information content (AvgIpc) is 3.30. The van der Waals surface area contributed by atoms with E-state index in [1.807, 2.05) is 39.0 Å². The summed E-state index contributed by atoms with van der Waals surface area (Å²) in [5.74, 6) is 0. The molecule has 1 saturated heterocycles. The molecule has 0 spiro atoms. The summed E-state index contributed by atoms with van der Waals surface area (Å²) < 4.78 is 6.18. The number of likely N-dealkylation sites (tertiary alicyclic amines) is 1. The zero-order chi connectivity index (χ0) is 22.2. The van der Waals surface area contributed by atoms with Gasteiger partial charge in [-0.15, -0.1) is 0 Å². The maximum Gasteiger partial charge on any atom is 0.410 e. The highest BCUT2D eigenvalue weighted by Gasteiger charge is 2.31. The number of rotatable bonds is 1. The first-order valence-electron chi connectivity index (χ1n) is 9.26. The smallest absolute Gasteiger partial charge is 0.410 e. The predicted octanol–water partition coefficient (Wildman–Crippen LogP) is 3.64. The molecule has 2 aliphatic rings. The number of carbonyl (C=O) groups is 3. The summed E-state index contributed by atoms with van der Waals surface area (Å²) in [6.45, 7) is 7.07. The molecule has 0 bridgehead atoms. The summed E-state index contributed by atoms with van der Waals surface area (Å²) >= 11 is 3.40. The van der Waals surface area contributed by atoms with Crippen molar-refractivity contribution in [3.8, 4) is 0 Å². The number of fused-ring (bicyclic) bond motifs is 1. The molecule has 0 aliphatic carbocycles. The maximum absolute atomic E-state index is 11.6. The summed E-state index contributed by atoms with van der Waals surface area (Å²) in [5.41, 5.74) is 1.69. The third-order valence-electron chi connectivity index (χ3n) is 4.28. The minimum absolute atomic E-state index is 0.287. The Morgan fingerprint density at radius 1 is 1.24 bits per heavy atom. The Morgan fingerprint density at radius 3 is 2.41 bits per heavy atom. The Morgan fingerprint density at radius 2 is 1.90 bits per heavy atom. The van der Waals surface area contributed by atoms with Gasteiger partial charge in [-0.2, -0.15) is 0 Å². The molecule has 3 rings (SSSR count). The normalized spacial score (nSPS) is 17.4. The molecular weight excluding hydrogens is 444 g/mol. The van der Waals surface area contributed by atoms with E-state index < -0.39 is 11.7 Å². The lowest BCUT2D eigenvalue weighted by atomic mass is 10.1. The van der Waals surface area contributed by atoms with Crippen LogP contribution in [0.2, 0.25) is 0 Å². The lowest BCUT2D eigenvalue weighted by molar-refractivity contribution is -0.111. The van der Waals surface area contributed by atoms with E-state index >= 15 is 0 Å². The van der Waals surface area contributed by atoms with Crippen molar-refractivity contribution in [3.05, 3.63) is 33.8 Å². The van der Waals surface area contributed by atoms with Crippen LogP contribution >= 0.6 is 15.9 Å². The second-order valence-corrected chi connectivity index (χ2v) is 8.39. The highest BCUT2D eigenvalue weighted by molar-refractivity contribution is 9.10. The van der Waals surface area contributed by atoms with Gasteiger partial charge in [0.15, 0.2) is 0 Å². The fourth-order valence-electron chi connectivity index (χ4n) is 3.00. The number of hydrogen-bond acceptors (Lipinski definition) is 5. The number of aldehydes is 1. The molecule has 2 N–H and O–H groups in total. The number of benzene rings is 1. The van der Waals surface area contributed by atoms with E-state index in [4.69, 9.17) is 14.9 Å². The minimum atomic E-state index is -0.858. The molecule has 0 saturated carbocycles. The first-order chi connectivity index (χ1) is 13.6.